The number of aliphatic carboxylic acids is 1. The van der Waals surface area contributed by atoms with Crippen molar-refractivity contribution in [3.63, 3.8) is 0 Å². The number of hydrogen-bond acceptors (Lipinski definition) is 3. The second-order valence-corrected chi connectivity index (χ2v) is 4.72. The Morgan fingerprint density at radius 3 is 2.38 bits per heavy atom. The van der Waals surface area contributed by atoms with Crippen molar-refractivity contribution in [1.82, 2.24) is 0 Å². The average molecular weight is 285 g/mol. The predicted octanol–water partition coefficient (Wildman–Crippen LogP) is 3.67. The Kier molecular flexibility index (Phi) is 4.66. The van der Waals surface area contributed by atoms with Crippen LogP contribution < -0.4 is 0 Å². The van der Waals surface area contributed by atoms with Gasteiger partial charge in [0.05, 0.1) is 10.5 Å². The van der Waals surface area contributed by atoms with Gasteiger partial charge in [0.15, 0.2) is 0 Å². The number of rotatable bonds is 6. The van der Waals surface area contributed by atoms with E-state index in [1.54, 1.807) is 18.2 Å². The molecule has 21 heavy (non-hydrogen) atoms. The van der Waals surface area contributed by atoms with Crippen LogP contribution in [0.2, 0.25) is 0 Å². The van der Waals surface area contributed by atoms with Gasteiger partial charge in [-0.3, -0.25) is 14.9 Å². The number of aryl methyl sites for hydroxylation is 1. The number of para-hydroxylation sites is 1. The fraction of sp³-hybridized carbons (Fsp3) is 0.188. The molecule has 0 heterocycles. The monoisotopic (exact) mass is 285 g/mol. The van der Waals surface area contributed by atoms with E-state index in [9.17, 15) is 14.9 Å². The molecule has 0 aliphatic rings. The Morgan fingerprint density at radius 1 is 1.10 bits per heavy atom. The van der Waals surface area contributed by atoms with E-state index in [4.69, 9.17) is 5.11 Å². The Morgan fingerprint density at radius 2 is 1.76 bits per heavy atom. The lowest BCUT2D eigenvalue weighted by atomic mass is 10.0. The van der Waals surface area contributed by atoms with E-state index in [-0.39, 0.29) is 12.1 Å². The number of carbonyl (C=O) groups is 1. The van der Waals surface area contributed by atoms with Gasteiger partial charge < -0.3 is 5.11 Å². The molecule has 2 rings (SSSR count). The maximum atomic E-state index is 11.0. The van der Waals surface area contributed by atoms with Crippen molar-refractivity contribution in [2.75, 3.05) is 0 Å². The van der Waals surface area contributed by atoms with Crippen molar-refractivity contribution in [3.8, 4) is 11.1 Å². The minimum absolute atomic E-state index is 0.0797. The average Bonchev–Trinajstić information content (AvgIpc) is 2.47. The molecule has 0 saturated carbocycles. The van der Waals surface area contributed by atoms with Crippen LogP contribution in [0.1, 0.15) is 18.4 Å². The molecule has 0 saturated heterocycles. The van der Waals surface area contributed by atoms with Crippen molar-refractivity contribution >= 4 is 11.7 Å². The Hall–Kier alpha value is -2.69. The lowest BCUT2D eigenvalue weighted by molar-refractivity contribution is -0.384. The Labute approximate surface area is 122 Å². The van der Waals surface area contributed by atoms with E-state index in [2.05, 4.69) is 0 Å². The van der Waals surface area contributed by atoms with Crippen molar-refractivity contribution in [2.45, 2.75) is 19.3 Å². The fourth-order valence-electron chi connectivity index (χ4n) is 2.17. The smallest absolute Gasteiger partial charge is 0.303 e. The number of nitro benzene ring substituents is 1. The number of carboxylic acid groups (broad SMARTS) is 1. The van der Waals surface area contributed by atoms with Gasteiger partial charge in [0.25, 0.3) is 5.69 Å². The zero-order chi connectivity index (χ0) is 15.2. The van der Waals surface area contributed by atoms with Crippen LogP contribution in [0.15, 0.2) is 48.5 Å². The van der Waals surface area contributed by atoms with Gasteiger partial charge in [-0.25, -0.2) is 0 Å². The molecule has 0 unspecified atom stereocenters. The first kappa shape index (κ1) is 14.7. The number of benzene rings is 2. The standard InChI is InChI=1S/C16H15NO4/c18-16(19)7-3-4-12-8-10-13(11-9-12)14-5-1-2-6-15(14)17(20)21/h1-2,5-6,8-11H,3-4,7H2,(H,18,19). The fourth-order valence-corrected chi connectivity index (χ4v) is 2.17. The van der Waals surface area contributed by atoms with Crippen molar-refractivity contribution in [2.24, 2.45) is 0 Å². The van der Waals surface area contributed by atoms with E-state index in [0.29, 0.717) is 18.4 Å². The second kappa shape index (κ2) is 6.65. The van der Waals surface area contributed by atoms with Crippen molar-refractivity contribution < 1.29 is 14.8 Å². The Bertz CT molecular complexity index is 650. The molecule has 0 aliphatic heterocycles. The molecule has 5 heteroatoms. The van der Waals surface area contributed by atoms with Crippen LogP contribution in [0.4, 0.5) is 5.69 Å². The molecular formula is C16H15NO4. The van der Waals surface area contributed by atoms with E-state index in [0.717, 1.165) is 11.1 Å². The highest BCUT2D eigenvalue weighted by Crippen LogP contribution is 2.29. The molecule has 0 amide bonds. The normalized spacial score (nSPS) is 10.3. The van der Waals surface area contributed by atoms with Gasteiger partial charge in [0.1, 0.15) is 0 Å². The van der Waals surface area contributed by atoms with Crippen LogP contribution in [0.5, 0.6) is 0 Å². The zero-order valence-electron chi connectivity index (χ0n) is 11.4. The summed E-state index contributed by atoms with van der Waals surface area (Å²) in [7, 11) is 0. The topological polar surface area (TPSA) is 80.4 Å². The van der Waals surface area contributed by atoms with Gasteiger partial charge in [-0.05, 0) is 30.0 Å². The minimum atomic E-state index is -0.800. The lowest BCUT2D eigenvalue weighted by Gasteiger charge is -2.05. The maximum absolute atomic E-state index is 11.0. The van der Waals surface area contributed by atoms with E-state index in [1.807, 2.05) is 24.3 Å². The summed E-state index contributed by atoms with van der Waals surface area (Å²) in [6.45, 7) is 0. The zero-order valence-corrected chi connectivity index (χ0v) is 11.4. The number of nitrogens with zero attached hydrogens (tertiary/aromatic N) is 1. The molecule has 108 valence electrons. The summed E-state index contributed by atoms with van der Waals surface area (Å²) in [5, 5.41) is 19.6. The number of hydrogen-bond donors (Lipinski definition) is 1. The summed E-state index contributed by atoms with van der Waals surface area (Å²) in [6.07, 6.45) is 1.41. The summed E-state index contributed by atoms with van der Waals surface area (Å²) in [5.74, 6) is -0.800. The molecular weight excluding hydrogens is 270 g/mol. The third-order valence-corrected chi connectivity index (χ3v) is 3.22. The van der Waals surface area contributed by atoms with E-state index >= 15 is 0 Å². The van der Waals surface area contributed by atoms with Crippen LogP contribution in [0.3, 0.4) is 0 Å². The molecule has 0 aromatic heterocycles. The van der Waals surface area contributed by atoms with Gasteiger partial charge in [0.2, 0.25) is 0 Å². The highest BCUT2D eigenvalue weighted by Gasteiger charge is 2.13. The summed E-state index contributed by atoms with van der Waals surface area (Å²) < 4.78 is 0. The first-order valence-electron chi connectivity index (χ1n) is 6.62. The number of carboxylic acids is 1. The highest BCUT2D eigenvalue weighted by atomic mass is 16.6. The van der Waals surface area contributed by atoms with E-state index in [1.165, 1.54) is 6.07 Å². The molecule has 2 aromatic rings. The van der Waals surface area contributed by atoms with Crippen molar-refractivity contribution in [1.29, 1.82) is 0 Å². The molecule has 0 fully saturated rings. The molecule has 1 N–H and O–H groups in total. The van der Waals surface area contributed by atoms with E-state index < -0.39 is 10.9 Å². The third kappa shape index (κ3) is 3.89. The SMILES string of the molecule is O=C(O)CCCc1ccc(-c2ccccc2[N+](=O)[O-])cc1. The molecule has 0 atom stereocenters. The summed E-state index contributed by atoms with van der Waals surface area (Å²) in [6, 6.07) is 14.0. The van der Waals surface area contributed by atoms with Crippen LogP contribution in [0.25, 0.3) is 11.1 Å². The van der Waals surface area contributed by atoms with Gasteiger partial charge in [0, 0.05) is 12.5 Å². The van der Waals surface area contributed by atoms with Crippen molar-refractivity contribution in [3.05, 3.63) is 64.2 Å². The highest BCUT2D eigenvalue weighted by molar-refractivity contribution is 5.73. The maximum Gasteiger partial charge on any atom is 0.303 e. The van der Waals surface area contributed by atoms with Gasteiger partial charge >= 0.3 is 5.97 Å². The van der Waals surface area contributed by atoms with Gasteiger partial charge in [-0.2, -0.15) is 0 Å². The summed E-state index contributed by atoms with van der Waals surface area (Å²) >= 11 is 0. The minimum Gasteiger partial charge on any atom is -0.481 e. The first-order chi connectivity index (χ1) is 10.1. The third-order valence-electron chi connectivity index (χ3n) is 3.22. The molecule has 5 nitrogen and oxygen atoms in total. The van der Waals surface area contributed by atoms with Gasteiger partial charge in [-0.1, -0.05) is 36.4 Å². The van der Waals surface area contributed by atoms with Crippen LogP contribution in [-0.2, 0) is 11.2 Å². The van der Waals surface area contributed by atoms with Crippen LogP contribution >= 0.6 is 0 Å². The van der Waals surface area contributed by atoms with Gasteiger partial charge in [-0.15, -0.1) is 0 Å². The van der Waals surface area contributed by atoms with Crippen LogP contribution in [-0.4, -0.2) is 16.0 Å². The summed E-state index contributed by atoms with van der Waals surface area (Å²) in [4.78, 5) is 21.1. The number of nitro groups is 1. The quantitative estimate of drug-likeness (QED) is 0.648. The molecule has 0 spiro atoms. The Balaban J connectivity index is 2.16. The molecule has 0 radical (unpaired) electrons. The second-order valence-electron chi connectivity index (χ2n) is 4.72. The largest absolute Gasteiger partial charge is 0.481 e. The lowest BCUT2D eigenvalue weighted by Crippen LogP contribution is -1.96. The summed E-state index contributed by atoms with van der Waals surface area (Å²) in [5.41, 5.74) is 2.47. The predicted molar refractivity (Wildman–Crippen MR) is 79.1 cm³/mol. The first-order valence-corrected chi connectivity index (χ1v) is 6.62. The molecule has 0 bridgehead atoms. The molecule has 2 aromatic carbocycles. The molecule has 0 aliphatic carbocycles. The van der Waals surface area contributed by atoms with Crippen LogP contribution in [0, 0.1) is 10.1 Å².